The molecule has 1 heterocycles. The molecule has 1 aliphatic heterocycles. The molecule has 1 aromatic rings. The predicted octanol–water partition coefficient (Wildman–Crippen LogP) is 1.57. The molecule has 1 fully saturated rings. The minimum absolute atomic E-state index is 0.0129. The number of methoxy groups -OCH3 is 2. The maximum Gasteiger partial charge on any atom is 0.224 e. The number of hydrogen-bond donors (Lipinski definition) is 2. The van der Waals surface area contributed by atoms with Crippen LogP contribution < -0.4 is 15.4 Å². The molecule has 0 radical (unpaired) electrons. The van der Waals surface area contributed by atoms with Gasteiger partial charge in [0.1, 0.15) is 5.75 Å². The molecule has 0 aliphatic carbocycles. The Morgan fingerprint density at radius 3 is 2.56 bits per heavy atom. The van der Waals surface area contributed by atoms with Gasteiger partial charge in [-0.05, 0) is 51.1 Å². The van der Waals surface area contributed by atoms with Gasteiger partial charge >= 0.3 is 0 Å². The van der Waals surface area contributed by atoms with Gasteiger partial charge in [0.05, 0.1) is 20.1 Å². The molecule has 2 N–H and O–H groups in total. The Hall–Kier alpha value is -1.92. The first-order chi connectivity index (χ1) is 12.0. The minimum atomic E-state index is -0.0759. The monoisotopic (exact) mass is 348 g/mol. The Kier molecular flexibility index (Phi) is 6.96. The molecule has 2 rings (SSSR count). The lowest BCUT2D eigenvalue weighted by Gasteiger charge is -2.37. The van der Waals surface area contributed by atoms with Gasteiger partial charge < -0.3 is 20.1 Å². The van der Waals surface area contributed by atoms with Crippen molar-refractivity contribution in [2.75, 3.05) is 40.5 Å². The highest BCUT2D eigenvalue weighted by Crippen LogP contribution is 2.28. The lowest BCUT2D eigenvalue weighted by atomic mass is 9.79. The Balaban J connectivity index is 2.01. The number of amides is 1. The fourth-order valence-corrected chi connectivity index (χ4v) is 3.29. The summed E-state index contributed by atoms with van der Waals surface area (Å²) in [5.74, 6) is 0.514. The van der Waals surface area contributed by atoms with E-state index in [1.165, 1.54) is 6.92 Å². The molecule has 0 aromatic heterocycles. The standard InChI is InChI=1S/C19H28N2O4/c1-14(22)15-4-5-17(25-3)16(10-15)11-18(23)21-12-19(13-24-2)6-8-20-9-7-19/h4-5,10,20H,6-9,11-13H2,1-3H3,(H,21,23). The third-order valence-corrected chi connectivity index (χ3v) is 4.81. The number of ether oxygens (including phenoxy) is 2. The van der Waals surface area contributed by atoms with Crippen LogP contribution >= 0.6 is 0 Å². The van der Waals surface area contributed by atoms with Crippen molar-refractivity contribution in [2.24, 2.45) is 5.41 Å². The van der Waals surface area contributed by atoms with Gasteiger partial charge in [-0.2, -0.15) is 0 Å². The highest BCUT2D eigenvalue weighted by molar-refractivity contribution is 5.94. The minimum Gasteiger partial charge on any atom is -0.496 e. The summed E-state index contributed by atoms with van der Waals surface area (Å²) in [7, 11) is 3.26. The van der Waals surface area contributed by atoms with E-state index in [0.717, 1.165) is 31.5 Å². The molecule has 0 spiro atoms. The quantitative estimate of drug-likeness (QED) is 0.698. The number of carbonyl (C=O) groups excluding carboxylic acids is 2. The first kappa shape index (κ1) is 19.4. The molecule has 0 bridgehead atoms. The van der Waals surface area contributed by atoms with E-state index >= 15 is 0 Å². The van der Waals surface area contributed by atoms with E-state index in [2.05, 4.69) is 10.6 Å². The average molecular weight is 348 g/mol. The Labute approximate surface area is 149 Å². The number of piperidine rings is 1. The number of Topliss-reactive ketones (excluding diaryl/α,β-unsaturated/α-hetero) is 1. The predicted molar refractivity (Wildman–Crippen MR) is 96.1 cm³/mol. The van der Waals surface area contributed by atoms with Crippen molar-refractivity contribution in [3.05, 3.63) is 29.3 Å². The summed E-state index contributed by atoms with van der Waals surface area (Å²) >= 11 is 0. The summed E-state index contributed by atoms with van der Waals surface area (Å²) in [5.41, 5.74) is 1.29. The van der Waals surface area contributed by atoms with Crippen LogP contribution in [0.5, 0.6) is 5.75 Å². The summed E-state index contributed by atoms with van der Waals surface area (Å²) in [5, 5.41) is 6.38. The van der Waals surface area contributed by atoms with E-state index in [1.807, 2.05) is 0 Å². The van der Waals surface area contributed by atoms with Crippen molar-refractivity contribution in [1.82, 2.24) is 10.6 Å². The summed E-state index contributed by atoms with van der Waals surface area (Å²) in [6.07, 6.45) is 2.14. The van der Waals surface area contributed by atoms with Crippen LogP contribution in [-0.4, -0.2) is 52.2 Å². The number of rotatable bonds is 8. The van der Waals surface area contributed by atoms with E-state index in [4.69, 9.17) is 9.47 Å². The van der Waals surface area contributed by atoms with Gasteiger partial charge in [-0.3, -0.25) is 9.59 Å². The smallest absolute Gasteiger partial charge is 0.224 e. The number of carbonyl (C=O) groups is 2. The third-order valence-electron chi connectivity index (χ3n) is 4.81. The molecule has 6 nitrogen and oxygen atoms in total. The second kappa shape index (κ2) is 8.97. The fraction of sp³-hybridized carbons (Fsp3) is 0.579. The molecule has 0 saturated carbocycles. The first-order valence-corrected chi connectivity index (χ1v) is 8.64. The maximum absolute atomic E-state index is 12.4. The van der Waals surface area contributed by atoms with E-state index < -0.39 is 0 Å². The van der Waals surface area contributed by atoms with Gasteiger partial charge in [0.25, 0.3) is 0 Å². The molecule has 1 saturated heterocycles. The van der Waals surface area contributed by atoms with Crippen molar-refractivity contribution in [2.45, 2.75) is 26.2 Å². The largest absolute Gasteiger partial charge is 0.496 e. The van der Waals surface area contributed by atoms with Crippen molar-refractivity contribution >= 4 is 11.7 Å². The summed E-state index contributed by atoms with van der Waals surface area (Å²) in [6.45, 7) is 4.62. The SMILES string of the molecule is COCC1(CNC(=O)Cc2cc(C(C)=O)ccc2OC)CCNCC1. The summed E-state index contributed by atoms with van der Waals surface area (Å²) in [4.78, 5) is 24.0. The topological polar surface area (TPSA) is 76.7 Å². The van der Waals surface area contributed by atoms with Gasteiger partial charge in [-0.25, -0.2) is 0 Å². The molecular formula is C19H28N2O4. The van der Waals surface area contributed by atoms with Gasteiger partial charge in [-0.1, -0.05) is 0 Å². The fourth-order valence-electron chi connectivity index (χ4n) is 3.29. The Morgan fingerprint density at radius 1 is 1.24 bits per heavy atom. The van der Waals surface area contributed by atoms with Crippen LogP contribution in [0.3, 0.4) is 0 Å². The number of benzene rings is 1. The van der Waals surface area contributed by atoms with Crippen LogP contribution in [-0.2, 0) is 16.0 Å². The molecular weight excluding hydrogens is 320 g/mol. The van der Waals surface area contributed by atoms with E-state index in [1.54, 1.807) is 32.4 Å². The Bertz CT molecular complexity index is 604. The van der Waals surface area contributed by atoms with E-state index in [9.17, 15) is 9.59 Å². The molecule has 138 valence electrons. The van der Waals surface area contributed by atoms with Crippen LogP contribution in [0.25, 0.3) is 0 Å². The molecule has 25 heavy (non-hydrogen) atoms. The molecule has 0 unspecified atom stereocenters. The number of hydrogen-bond acceptors (Lipinski definition) is 5. The molecule has 0 atom stereocenters. The third kappa shape index (κ3) is 5.28. The Morgan fingerprint density at radius 2 is 1.96 bits per heavy atom. The van der Waals surface area contributed by atoms with Crippen molar-refractivity contribution in [3.8, 4) is 5.75 Å². The van der Waals surface area contributed by atoms with Crippen LogP contribution in [0, 0.1) is 5.41 Å². The lowest BCUT2D eigenvalue weighted by Crippen LogP contribution is -2.47. The number of ketones is 1. The van der Waals surface area contributed by atoms with Crippen molar-refractivity contribution in [3.63, 3.8) is 0 Å². The first-order valence-electron chi connectivity index (χ1n) is 8.64. The molecule has 6 heteroatoms. The van der Waals surface area contributed by atoms with Crippen LogP contribution in [0.2, 0.25) is 0 Å². The number of nitrogens with one attached hydrogen (secondary N) is 2. The zero-order chi connectivity index (χ0) is 18.3. The van der Waals surface area contributed by atoms with Crippen LogP contribution in [0.1, 0.15) is 35.7 Å². The zero-order valence-corrected chi connectivity index (χ0v) is 15.3. The van der Waals surface area contributed by atoms with Gasteiger partial charge in [-0.15, -0.1) is 0 Å². The van der Waals surface area contributed by atoms with Crippen molar-refractivity contribution < 1.29 is 19.1 Å². The zero-order valence-electron chi connectivity index (χ0n) is 15.3. The van der Waals surface area contributed by atoms with Crippen molar-refractivity contribution in [1.29, 1.82) is 0 Å². The molecule has 1 amide bonds. The average Bonchev–Trinajstić information content (AvgIpc) is 2.61. The van der Waals surface area contributed by atoms with Crippen LogP contribution in [0.4, 0.5) is 0 Å². The highest BCUT2D eigenvalue weighted by Gasteiger charge is 2.32. The second-order valence-electron chi connectivity index (χ2n) is 6.72. The highest BCUT2D eigenvalue weighted by atomic mass is 16.5. The molecule has 1 aliphatic rings. The van der Waals surface area contributed by atoms with Gasteiger partial charge in [0.2, 0.25) is 5.91 Å². The lowest BCUT2D eigenvalue weighted by molar-refractivity contribution is -0.121. The van der Waals surface area contributed by atoms with Crippen LogP contribution in [0.15, 0.2) is 18.2 Å². The van der Waals surface area contributed by atoms with E-state index in [0.29, 0.717) is 24.5 Å². The van der Waals surface area contributed by atoms with Gasteiger partial charge in [0, 0.05) is 30.2 Å². The second-order valence-corrected chi connectivity index (χ2v) is 6.72. The van der Waals surface area contributed by atoms with E-state index in [-0.39, 0.29) is 23.5 Å². The summed E-state index contributed by atoms with van der Waals surface area (Å²) in [6, 6.07) is 5.18. The molecule has 1 aromatic carbocycles. The maximum atomic E-state index is 12.4. The van der Waals surface area contributed by atoms with Gasteiger partial charge in [0.15, 0.2) is 5.78 Å². The summed E-state index contributed by atoms with van der Waals surface area (Å²) < 4.78 is 10.7. The normalized spacial score (nSPS) is 16.3.